The quantitative estimate of drug-likeness (QED) is 0.783. The number of ether oxygens (including phenoxy) is 1. The Labute approximate surface area is 130 Å². The third kappa shape index (κ3) is 5.22. The number of nitrogens with zero attached hydrogens (tertiary/aromatic N) is 1. The summed E-state index contributed by atoms with van der Waals surface area (Å²) in [6.45, 7) is 7.53. The van der Waals surface area contributed by atoms with Crippen molar-refractivity contribution in [3.05, 3.63) is 0 Å². The number of rotatable bonds is 4. The Bertz CT molecular complexity index is 420. The van der Waals surface area contributed by atoms with Crippen molar-refractivity contribution in [3.8, 4) is 0 Å². The molecule has 120 valence electrons. The van der Waals surface area contributed by atoms with Crippen molar-refractivity contribution < 1.29 is 19.1 Å². The molecule has 0 bridgehead atoms. The molecule has 0 aromatic heterocycles. The van der Waals surface area contributed by atoms with Crippen LogP contribution in [0.3, 0.4) is 0 Å². The lowest BCUT2D eigenvalue weighted by Gasteiger charge is -2.27. The second-order valence-corrected chi connectivity index (χ2v) is 7.37. The highest BCUT2D eigenvalue weighted by atomic mass is 32.2. The highest BCUT2D eigenvalue weighted by molar-refractivity contribution is 7.99. The molecule has 0 aromatic carbocycles. The SMILES string of the molecule is COC(=O)[C@H](C)NC(=O)[C@@H]1CSCN1C(=O)CC(C)(C)C. The molecule has 7 heteroatoms. The fourth-order valence-corrected chi connectivity index (χ4v) is 3.19. The molecular weight excluding hydrogens is 292 g/mol. The normalized spacial score (nSPS) is 20.0. The molecule has 0 radical (unpaired) electrons. The van der Waals surface area contributed by atoms with Crippen LogP contribution in [-0.2, 0) is 19.1 Å². The minimum atomic E-state index is -0.715. The molecule has 0 aromatic rings. The lowest BCUT2D eigenvalue weighted by atomic mass is 9.91. The standard InChI is InChI=1S/C14H24N2O4S/c1-9(13(19)20-5)15-12(18)10-7-21-8-16(10)11(17)6-14(2,3)4/h9-10H,6-8H2,1-5H3,(H,15,18)/t9-,10-/m0/s1. The third-order valence-corrected chi connectivity index (χ3v) is 4.11. The number of methoxy groups -OCH3 is 1. The smallest absolute Gasteiger partial charge is 0.328 e. The summed E-state index contributed by atoms with van der Waals surface area (Å²) >= 11 is 1.54. The van der Waals surface area contributed by atoms with Gasteiger partial charge in [-0.05, 0) is 12.3 Å². The van der Waals surface area contributed by atoms with Gasteiger partial charge in [0.2, 0.25) is 11.8 Å². The molecule has 1 saturated heterocycles. The van der Waals surface area contributed by atoms with Crippen LogP contribution >= 0.6 is 11.8 Å². The maximum absolute atomic E-state index is 12.3. The van der Waals surface area contributed by atoms with Crippen molar-refractivity contribution in [2.24, 2.45) is 5.41 Å². The van der Waals surface area contributed by atoms with Crippen LogP contribution in [-0.4, -0.2) is 53.5 Å². The molecule has 1 aliphatic heterocycles. The average molecular weight is 316 g/mol. The number of hydrogen-bond donors (Lipinski definition) is 1. The Hall–Kier alpha value is -1.24. The third-order valence-electron chi connectivity index (χ3n) is 3.10. The molecule has 1 fully saturated rings. The van der Waals surface area contributed by atoms with Gasteiger partial charge in [0.25, 0.3) is 0 Å². The largest absolute Gasteiger partial charge is 0.467 e. The second-order valence-electron chi connectivity index (χ2n) is 6.37. The molecule has 2 atom stereocenters. The maximum atomic E-state index is 12.3. The van der Waals surface area contributed by atoms with Crippen LogP contribution in [0.25, 0.3) is 0 Å². The number of carbonyl (C=O) groups is 3. The number of esters is 1. The van der Waals surface area contributed by atoms with E-state index in [9.17, 15) is 14.4 Å². The van der Waals surface area contributed by atoms with E-state index in [1.807, 2.05) is 20.8 Å². The summed E-state index contributed by atoms with van der Waals surface area (Å²) < 4.78 is 4.58. The topological polar surface area (TPSA) is 75.7 Å². The fourth-order valence-electron chi connectivity index (χ4n) is 2.01. The number of hydrogen-bond acceptors (Lipinski definition) is 5. The van der Waals surface area contributed by atoms with Gasteiger partial charge in [-0.3, -0.25) is 9.59 Å². The monoisotopic (exact) mass is 316 g/mol. The van der Waals surface area contributed by atoms with Gasteiger partial charge in [0.15, 0.2) is 0 Å². The molecule has 1 aliphatic rings. The van der Waals surface area contributed by atoms with Gasteiger partial charge in [-0.2, -0.15) is 0 Å². The van der Waals surface area contributed by atoms with Crippen LogP contribution in [0.15, 0.2) is 0 Å². The van der Waals surface area contributed by atoms with Crippen LogP contribution in [0.4, 0.5) is 0 Å². The molecule has 0 spiro atoms. The van der Waals surface area contributed by atoms with Gasteiger partial charge in [0.1, 0.15) is 12.1 Å². The van der Waals surface area contributed by atoms with Gasteiger partial charge in [-0.15, -0.1) is 11.8 Å². The summed E-state index contributed by atoms with van der Waals surface area (Å²) in [6.07, 6.45) is 0.393. The highest BCUT2D eigenvalue weighted by Gasteiger charge is 2.36. The first-order valence-corrected chi connectivity index (χ1v) is 8.06. The van der Waals surface area contributed by atoms with Crippen molar-refractivity contribution in [1.29, 1.82) is 0 Å². The molecule has 0 saturated carbocycles. The zero-order valence-corrected chi connectivity index (χ0v) is 14.1. The molecule has 0 aliphatic carbocycles. The maximum Gasteiger partial charge on any atom is 0.328 e. The molecular formula is C14H24N2O4S. The summed E-state index contributed by atoms with van der Waals surface area (Å²) in [7, 11) is 1.27. The first-order chi connectivity index (χ1) is 9.65. The van der Waals surface area contributed by atoms with E-state index in [0.29, 0.717) is 18.1 Å². The van der Waals surface area contributed by atoms with Gasteiger partial charge in [-0.1, -0.05) is 20.8 Å². The zero-order chi connectivity index (χ0) is 16.2. The van der Waals surface area contributed by atoms with Crippen LogP contribution in [0.5, 0.6) is 0 Å². The van der Waals surface area contributed by atoms with Gasteiger partial charge < -0.3 is 15.0 Å². The van der Waals surface area contributed by atoms with Crippen molar-refractivity contribution in [1.82, 2.24) is 10.2 Å². The van der Waals surface area contributed by atoms with Crippen molar-refractivity contribution in [2.75, 3.05) is 18.7 Å². The van der Waals surface area contributed by atoms with E-state index in [2.05, 4.69) is 10.1 Å². The first-order valence-electron chi connectivity index (χ1n) is 6.91. The van der Waals surface area contributed by atoms with E-state index in [1.54, 1.807) is 23.6 Å². The molecule has 1 rings (SSSR count). The predicted octanol–water partition coefficient (Wildman–Crippen LogP) is 1.00. The van der Waals surface area contributed by atoms with E-state index < -0.39 is 18.1 Å². The molecule has 6 nitrogen and oxygen atoms in total. The zero-order valence-electron chi connectivity index (χ0n) is 13.3. The molecule has 0 unspecified atom stereocenters. The van der Waals surface area contributed by atoms with E-state index in [4.69, 9.17) is 0 Å². The van der Waals surface area contributed by atoms with E-state index >= 15 is 0 Å². The van der Waals surface area contributed by atoms with E-state index in [1.165, 1.54) is 7.11 Å². The van der Waals surface area contributed by atoms with Crippen LogP contribution in [0, 0.1) is 5.41 Å². The number of thioether (sulfide) groups is 1. The number of carbonyl (C=O) groups excluding carboxylic acids is 3. The van der Waals surface area contributed by atoms with E-state index in [-0.39, 0.29) is 17.2 Å². The van der Waals surface area contributed by atoms with Gasteiger partial charge in [0, 0.05) is 12.2 Å². The fraction of sp³-hybridized carbons (Fsp3) is 0.786. The Kier molecular flexibility index (Phi) is 6.07. The first kappa shape index (κ1) is 17.8. The molecule has 2 amide bonds. The minimum absolute atomic E-state index is 0.0293. The summed E-state index contributed by atoms with van der Waals surface area (Å²) in [5, 5.41) is 2.60. The Morgan fingerprint density at radius 1 is 1.38 bits per heavy atom. The number of amides is 2. The Morgan fingerprint density at radius 2 is 2.00 bits per heavy atom. The lowest BCUT2D eigenvalue weighted by Crippen LogP contribution is -2.51. The summed E-state index contributed by atoms with van der Waals surface area (Å²) in [6, 6.07) is -1.23. The highest BCUT2D eigenvalue weighted by Crippen LogP contribution is 2.26. The van der Waals surface area contributed by atoms with Gasteiger partial charge in [-0.25, -0.2) is 4.79 Å². The Balaban J connectivity index is 2.66. The second kappa shape index (κ2) is 7.15. The van der Waals surface area contributed by atoms with Crippen LogP contribution < -0.4 is 5.32 Å². The minimum Gasteiger partial charge on any atom is -0.467 e. The van der Waals surface area contributed by atoms with E-state index in [0.717, 1.165) is 0 Å². The Morgan fingerprint density at radius 3 is 2.52 bits per heavy atom. The van der Waals surface area contributed by atoms with Crippen LogP contribution in [0.1, 0.15) is 34.1 Å². The molecule has 21 heavy (non-hydrogen) atoms. The van der Waals surface area contributed by atoms with Gasteiger partial charge in [0.05, 0.1) is 13.0 Å². The number of nitrogens with one attached hydrogen (secondary N) is 1. The van der Waals surface area contributed by atoms with Crippen molar-refractivity contribution >= 4 is 29.5 Å². The lowest BCUT2D eigenvalue weighted by molar-refractivity contribution is -0.145. The predicted molar refractivity (Wildman–Crippen MR) is 81.7 cm³/mol. The van der Waals surface area contributed by atoms with Crippen molar-refractivity contribution in [3.63, 3.8) is 0 Å². The summed E-state index contributed by atoms with van der Waals surface area (Å²) in [5.41, 5.74) is -0.120. The summed E-state index contributed by atoms with van der Waals surface area (Å²) in [4.78, 5) is 37.5. The summed E-state index contributed by atoms with van der Waals surface area (Å²) in [5.74, 6) is 0.231. The van der Waals surface area contributed by atoms with Crippen molar-refractivity contribution in [2.45, 2.75) is 46.2 Å². The van der Waals surface area contributed by atoms with Gasteiger partial charge >= 0.3 is 5.97 Å². The molecule has 1 N–H and O–H groups in total. The molecule has 1 heterocycles. The van der Waals surface area contributed by atoms with Crippen LogP contribution in [0.2, 0.25) is 0 Å². The average Bonchev–Trinajstić information content (AvgIpc) is 2.84.